The van der Waals surface area contributed by atoms with Gasteiger partial charge < -0.3 is 25.4 Å². The van der Waals surface area contributed by atoms with E-state index >= 15 is 0 Å². The van der Waals surface area contributed by atoms with Crippen LogP contribution in [0.4, 0.5) is 8.78 Å². The number of nitrogens with zero attached hydrogens (tertiary/aromatic N) is 2. The van der Waals surface area contributed by atoms with Crippen molar-refractivity contribution in [1.29, 1.82) is 0 Å². The molecule has 1 saturated heterocycles. The van der Waals surface area contributed by atoms with Gasteiger partial charge in [-0.3, -0.25) is 14.3 Å². The predicted molar refractivity (Wildman–Crippen MR) is 108 cm³/mol. The number of primary amides is 2. The molecule has 2 aromatic heterocycles. The molecule has 32 heavy (non-hydrogen) atoms. The number of ether oxygens (including phenoxy) is 2. The minimum atomic E-state index is -2.58. The van der Waals surface area contributed by atoms with E-state index in [0.717, 1.165) is 4.68 Å². The summed E-state index contributed by atoms with van der Waals surface area (Å²) in [6, 6.07) is 4.73. The molecule has 0 saturated carbocycles. The summed E-state index contributed by atoms with van der Waals surface area (Å²) in [4.78, 5) is 24.9. The van der Waals surface area contributed by atoms with Gasteiger partial charge in [-0.2, -0.15) is 5.10 Å². The fraction of sp³-hybridized carbons (Fsp3) is 0.381. The number of carbonyl (C=O) groups is 2. The maximum absolute atomic E-state index is 12.8. The molecule has 1 aliphatic heterocycles. The van der Waals surface area contributed by atoms with E-state index in [9.17, 15) is 18.4 Å². The van der Waals surface area contributed by atoms with Crippen molar-refractivity contribution in [3.63, 3.8) is 0 Å². The minimum Gasteiger partial charge on any atom is -0.487 e. The van der Waals surface area contributed by atoms with Crippen LogP contribution in [-0.2, 0) is 28.1 Å². The molecule has 1 atom stereocenters. The number of aromatic nitrogens is 2. The molecule has 1 fully saturated rings. The van der Waals surface area contributed by atoms with Crippen LogP contribution in [0.3, 0.4) is 0 Å². The van der Waals surface area contributed by atoms with Crippen LogP contribution < -0.4 is 16.2 Å². The molecule has 4 rings (SSSR count). The largest absolute Gasteiger partial charge is 0.487 e. The van der Waals surface area contributed by atoms with E-state index < -0.39 is 30.2 Å². The summed E-state index contributed by atoms with van der Waals surface area (Å²) in [5.74, 6) is -0.841. The Labute approximate surface area is 181 Å². The number of benzene rings is 1. The molecule has 1 unspecified atom stereocenters. The molecule has 11 heteroatoms. The Balaban J connectivity index is 1.86. The molecule has 0 spiro atoms. The molecule has 9 nitrogen and oxygen atoms in total. The Morgan fingerprint density at radius 2 is 2.09 bits per heavy atom. The molecule has 1 aliphatic rings. The van der Waals surface area contributed by atoms with E-state index in [1.807, 2.05) is 0 Å². The zero-order valence-electron chi connectivity index (χ0n) is 17.3. The number of hydrogen-bond acceptors (Lipinski definition) is 6. The number of rotatable bonds is 8. The number of nitrogens with two attached hydrogens (primary N) is 2. The standard InChI is InChI=1S/C21H22F2N4O5/c1-11-16(19(24)28)17-13(32-11)2-3-14(18(17)21(20(25)29)5-7-30-10-21)31-9-12-4-6-26-27(12)8-15(22)23/h2-4,6,15H,5,7-10H2,1H3,(H2,24,28)(H2,25,29). The van der Waals surface area contributed by atoms with Crippen LogP contribution in [0.15, 0.2) is 28.8 Å². The third-order valence-electron chi connectivity index (χ3n) is 5.70. The van der Waals surface area contributed by atoms with Gasteiger partial charge >= 0.3 is 0 Å². The monoisotopic (exact) mass is 448 g/mol. The average molecular weight is 448 g/mol. The Hall–Kier alpha value is -3.47. The molecule has 2 amide bonds. The lowest BCUT2D eigenvalue weighted by Crippen LogP contribution is -2.42. The van der Waals surface area contributed by atoms with Gasteiger partial charge in [-0.05, 0) is 31.5 Å². The molecular weight excluding hydrogens is 426 g/mol. The molecule has 0 aliphatic carbocycles. The van der Waals surface area contributed by atoms with Crippen molar-refractivity contribution in [2.24, 2.45) is 11.5 Å². The summed E-state index contributed by atoms with van der Waals surface area (Å²) >= 11 is 0. The van der Waals surface area contributed by atoms with E-state index in [1.165, 1.54) is 6.20 Å². The molecule has 1 aromatic carbocycles. The Morgan fingerprint density at radius 3 is 2.72 bits per heavy atom. The minimum absolute atomic E-state index is 0.0104. The summed E-state index contributed by atoms with van der Waals surface area (Å²) in [5, 5.41) is 4.22. The molecule has 170 valence electrons. The maximum atomic E-state index is 12.8. The molecule has 0 radical (unpaired) electrons. The molecule has 0 bridgehead atoms. The lowest BCUT2D eigenvalue weighted by Gasteiger charge is -2.27. The maximum Gasteiger partial charge on any atom is 0.257 e. The highest BCUT2D eigenvalue weighted by atomic mass is 19.3. The van der Waals surface area contributed by atoms with Crippen molar-refractivity contribution in [3.05, 3.63) is 47.0 Å². The fourth-order valence-electron chi connectivity index (χ4n) is 4.19. The number of halogens is 2. The Morgan fingerprint density at radius 1 is 1.31 bits per heavy atom. The van der Waals surface area contributed by atoms with E-state index in [-0.39, 0.29) is 37.6 Å². The number of aryl methyl sites for hydroxylation is 1. The normalized spacial score (nSPS) is 18.5. The summed E-state index contributed by atoms with van der Waals surface area (Å²) in [5.41, 5.74) is 11.3. The van der Waals surface area contributed by atoms with Crippen LogP contribution in [0, 0.1) is 6.92 Å². The number of alkyl halides is 2. The molecular formula is C21H22F2N4O5. The third kappa shape index (κ3) is 3.58. The van der Waals surface area contributed by atoms with Crippen LogP contribution in [-0.4, -0.2) is 41.2 Å². The van der Waals surface area contributed by atoms with E-state index in [0.29, 0.717) is 28.0 Å². The van der Waals surface area contributed by atoms with Gasteiger partial charge in [-0.25, -0.2) is 8.78 Å². The van der Waals surface area contributed by atoms with Gasteiger partial charge in [0.15, 0.2) is 0 Å². The highest BCUT2D eigenvalue weighted by molar-refractivity contribution is 6.10. The second-order valence-electron chi connectivity index (χ2n) is 7.64. The predicted octanol–water partition coefficient (Wildman–Crippen LogP) is 2.02. The number of furan rings is 1. The van der Waals surface area contributed by atoms with Gasteiger partial charge in [0.2, 0.25) is 5.91 Å². The lowest BCUT2D eigenvalue weighted by molar-refractivity contribution is -0.123. The van der Waals surface area contributed by atoms with Crippen LogP contribution >= 0.6 is 0 Å². The van der Waals surface area contributed by atoms with Crippen molar-refractivity contribution in [3.8, 4) is 5.75 Å². The van der Waals surface area contributed by atoms with Gasteiger partial charge in [-0.15, -0.1) is 0 Å². The summed E-state index contributed by atoms with van der Waals surface area (Å²) < 4.78 is 44.0. The van der Waals surface area contributed by atoms with Crippen molar-refractivity contribution >= 4 is 22.8 Å². The van der Waals surface area contributed by atoms with Crippen molar-refractivity contribution in [1.82, 2.24) is 9.78 Å². The first-order valence-electron chi connectivity index (χ1n) is 9.90. The van der Waals surface area contributed by atoms with Crippen molar-refractivity contribution < 1.29 is 32.3 Å². The molecule has 3 aromatic rings. The van der Waals surface area contributed by atoms with Gasteiger partial charge in [-0.1, -0.05) is 0 Å². The Kier molecular flexibility index (Phi) is 5.59. The number of hydrogen-bond donors (Lipinski definition) is 2. The first-order chi connectivity index (χ1) is 15.2. The van der Waals surface area contributed by atoms with Crippen LogP contribution in [0.1, 0.15) is 33.8 Å². The van der Waals surface area contributed by atoms with E-state index in [4.69, 9.17) is 25.4 Å². The summed E-state index contributed by atoms with van der Waals surface area (Å²) in [6.07, 6.45) is -0.920. The third-order valence-corrected chi connectivity index (χ3v) is 5.70. The summed E-state index contributed by atoms with van der Waals surface area (Å²) in [6.45, 7) is 1.18. The number of carbonyl (C=O) groups excluding carboxylic acids is 2. The van der Waals surface area contributed by atoms with Gasteiger partial charge in [0.05, 0.1) is 17.9 Å². The highest BCUT2D eigenvalue weighted by Gasteiger charge is 2.47. The second kappa shape index (κ2) is 8.23. The SMILES string of the molecule is Cc1oc2ccc(OCc3ccnn3CC(F)F)c(C3(C(N)=O)CCOC3)c2c1C(N)=O. The topological polar surface area (TPSA) is 136 Å². The molecule has 4 N–H and O–H groups in total. The summed E-state index contributed by atoms with van der Waals surface area (Å²) in [7, 11) is 0. The first kappa shape index (κ1) is 21.8. The van der Waals surface area contributed by atoms with Gasteiger partial charge in [0.1, 0.15) is 35.7 Å². The van der Waals surface area contributed by atoms with Crippen LogP contribution in [0.25, 0.3) is 11.0 Å². The van der Waals surface area contributed by atoms with Crippen LogP contribution in [0.2, 0.25) is 0 Å². The van der Waals surface area contributed by atoms with E-state index in [1.54, 1.807) is 25.1 Å². The van der Waals surface area contributed by atoms with Crippen molar-refractivity contribution in [2.45, 2.75) is 38.3 Å². The first-order valence-corrected chi connectivity index (χ1v) is 9.90. The zero-order chi connectivity index (χ0) is 23.0. The van der Waals surface area contributed by atoms with Gasteiger partial charge in [0.25, 0.3) is 12.3 Å². The van der Waals surface area contributed by atoms with Crippen LogP contribution in [0.5, 0.6) is 5.75 Å². The lowest BCUT2D eigenvalue weighted by atomic mass is 9.76. The van der Waals surface area contributed by atoms with Crippen molar-refractivity contribution in [2.75, 3.05) is 13.2 Å². The average Bonchev–Trinajstić information content (AvgIpc) is 3.43. The smallest absolute Gasteiger partial charge is 0.257 e. The quantitative estimate of drug-likeness (QED) is 0.541. The zero-order valence-corrected chi connectivity index (χ0v) is 17.3. The fourth-order valence-corrected chi connectivity index (χ4v) is 4.19. The second-order valence-corrected chi connectivity index (χ2v) is 7.64. The highest BCUT2D eigenvalue weighted by Crippen LogP contribution is 2.45. The molecule has 3 heterocycles. The number of fused-ring (bicyclic) bond motifs is 1. The Bertz CT molecular complexity index is 1180. The van der Waals surface area contributed by atoms with E-state index in [2.05, 4.69) is 5.10 Å². The van der Waals surface area contributed by atoms with Gasteiger partial charge in [0, 0.05) is 23.8 Å². The number of amides is 2.